The van der Waals surface area contributed by atoms with Crippen molar-refractivity contribution in [1.29, 1.82) is 0 Å². The molecule has 0 spiro atoms. The smallest absolute Gasteiger partial charge is 0.342 e. The minimum atomic E-state index is -0.432. The highest BCUT2D eigenvalue weighted by Gasteiger charge is 2.24. The Morgan fingerprint density at radius 2 is 1.90 bits per heavy atom. The number of rotatable bonds is 5. The van der Waals surface area contributed by atoms with E-state index >= 15 is 0 Å². The largest absolute Gasteiger partial charge is 0.462 e. The SMILES string of the molecule is CCOC(=O)c1c(C)oc2nc(C)nc(Nc3ccc(N4CCC(C)CC4)cc3)c12. The van der Waals surface area contributed by atoms with Crippen LogP contribution in [0.5, 0.6) is 0 Å². The average Bonchev–Trinajstić information content (AvgIpc) is 3.05. The molecule has 0 radical (unpaired) electrons. The maximum absolute atomic E-state index is 12.5. The number of furan rings is 1. The first-order valence-electron chi connectivity index (χ1n) is 10.5. The van der Waals surface area contributed by atoms with E-state index < -0.39 is 5.97 Å². The number of hydrogen-bond donors (Lipinski definition) is 1. The molecule has 0 amide bonds. The van der Waals surface area contributed by atoms with Crippen molar-refractivity contribution in [3.05, 3.63) is 41.4 Å². The maximum atomic E-state index is 12.5. The van der Waals surface area contributed by atoms with Crippen molar-refractivity contribution >= 4 is 34.3 Å². The van der Waals surface area contributed by atoms with Gasteiger partial charge < -0.3 is 19.4 Å². The van der Waals surface area contributed by atoms with E-state index in [1.54, 1.807) is 20.8 Å². The van der Waals surface area contributed by atoms with Crippen LogP contribution in [0.1, 0.15) is 48.6 Å². The Morgan fingerprint density at radius 3 is 2.57 bits per heavy atom. The summed E-state index contributed by atoms with van der Waals surface area (Å²) >= 11 is 0. The molecule has 7 nitrogen and oxygen atoms in total. The van der Waals surface area contributed by atoms with Gasteiger partial charge >= 0.3 is 5.97 Å². The van der Waals surface area contributed by atoms with Gasteiger partial charge in [-0.05, 0) is 63.8 Å². The van der Waals surface area contributed by atoms with Gasteiger partial charge in [-0.15, -0.1) is 0 Å². The lowest BCUT2D eigenvalue weighted by atomic mass is 9.99. The number of anilines is 3. The highest BCUT2D eigenvalue weighted by atomic mass is 16.5. The third-order valence-corrected chi connectivity index (χ3v) is 5.60. The lowest BCUT2D eigenvalue weighted by Crippen LogP contribution is -2.32. The van der Waals surface area contributed by atoms with Crippen molar-refractivity contribution in [3.8, 4) is 0 Å². The molecule has 3 aromatic rings. The lowest BCUT2D eigenvalue weighted by Gasteiger charge is -2.32. The number of nitrogens with one attached hydrogen (secondary N) is 1. The molecule has 0 atom stereocenters. The number of aryl methyl sites for hydroxylation is 2. The molecule has 2 aromatic heterocycles. The van der Waals surface area contributed by atoms with Gasteiger partial charge in [-0.1, -0.05) is 6.92 Å². The summed E-state index contributed by atoms with van der Waals surface area (Å²) in [5.74, 6) is 1.95. The van der Waals surface area contributed by atoms with Crippen LogP contribution in [0.25, 0.3) is 11.1 Å². The molecule has 1 fully saturated rings. The summed E-state index contributed by atoms with van der Waals surface area (Å²) in [6.07, 6.45) is 2.46. The van der Waals surface area contributed by atoms with Gasteiger partial charge in [-0.2, -0.15) is 4.98 Å². The normalized spacial score (nSPS) is 14.9. The first kappa shape index (κ1) is 20.2. The molecule has 0 bridgehead atoms. The summed E-state index contributed by atoms with van der Waals surface area (Å²) in [4.78, 5) is 23.8. The predicted molar refractivity (Wildman–Crippen MR) is 118 cm³/mol. The number of benzene rings is 1. The zero-order chi connectivity index (χ0) is 21.3. The number of esters is 1. The minimum Gasteiger partial charge on any atom is -0.462 e. The molecule has 1 aliphatic heterocycles. The minimum absolute atomic E-state index is 0.289. The molecule has 0 saturated carbocycles. The number of carbonyl (C=O) groups excluding carboxylic acids is 1. The van der Waals surface area contributed by atoms with Crippen LogP contribution in [0.15, 0.2) is 28.7 Å². The number of fused-ring (bicyclic) bond motifs is 1. The lowest BCUT2D eigenvalue weighted by molar-refractivity contribution is 0.0526. The van der Waals surface area contributed by atoms with E-state index in [0.717, 1.165) is 24.7 Å². The van der Waals surface area contributed by atoms with Crippen LogP contribution in [0.2, 0.25) is 0 Å². The van der Waals surface area contributed by atoms with Crippen molar-refractivity contribution in [3.63, 3.8) is 0 Å². The summed E-state index contributed by atoms with van der Waals surface area (Å²) in [7, 11) is 0. The van der Waals surface area contributed by atoms with Gasteiger partial charge in [-0.25, -0.2) is 9.78 Å². The van der Waals surface area contributed by atoms with Crippen LogP contribution in [-0.2, 0) is 4.74 Å². The summed E-state index contributed by atoms with van der Waals surface area (Å²) in [5, 5.41) is 3.89. The van der Waals surface area contributed by atoms with Crippen LogP contribution in [0.3, 0.4) is 0 Å². The quantitative estimate of drug-likeness (QED) is 0.595. The molecule has 3 heterocycles. The molecule has 1 N–H and O–H groups in total. The van der Waals surface area contributed by atoms with Gasteiger partial charge in [0.05, 0.1) is 12.0 Å². The van der Waals surface area contributed by atoms with Gasteiger partial charge in [0, 0.05) is 24.5 Å². The number of carbonyl (C=O) groups is 1. The van der Waals surface area contributed by atoms with Crippen molar-refractivity contribution in [2.45, 2.75) is 40.5 Å². The second-order valence-corrected chi connectivity index (χ2v) is 7.89. The molecular formula is C23H28N4O3. The van der Waals surface area contributed by atoms with Crippen molar-refractivity contribution in [1.82, 2.24) is 9.97 Å². The Hall–Kier alpha value is -3.09. The fourth-order valence-corrected chi connectivity index (χ4v) is 3.92. The van der Waals surface area contributed by atoms with E-state index in [4.69, 9.17) is 9.15 Å². The number of ether oxygens (including phenoxy) is 1. The molecule has 4 rings (SSSR count). The van der Waals surface area contributed by atoms with Crippen LogP contribution in [0, 0.1) is 19.8 Å². The van der Waals surface area contributed by atoms with Gasteiger partial charge in [-0.3, -0.25) is 0 Å². The zero-order valence-corrected chi connectivity index (χ0v) is 18.0. The molecule has 7 heteroatoms. The molecule has 1 aromatic carbocycles. The van der Waals surface area contributed by atoms with E-state index in [2.05, 4.69) is 39.2 Å². The van der Waals surface area contributed by atoms with Crippen LogP contribution in [-0.4, -0.2) is 35.6 Å². The van der Waals surface area contributed by atoms with E-state index in [1.165, 1.54) is 18.5 Å². The van der Waals surface area contributed by atoms with Gasteiger partial charge in [0.15, 0.2) is 0 Å². The summed E-state index contributed by atoms with van der Waals surface area (Å²) in [6.45, 7) is 10.1. The topological polar surface area (TPSA) is 80.5 Å². The van der Waals surface area contributed by atoms with Crippen LogP contribution in [0.4, 0.5) is 17.2 Å². The Labute approximate surface area is 176 Å². The van der Waals surface area contributed by atoms with Gasteiger partial charge in [0.25, 0.3) is 0 Å². The molecule has 0 unspecified atom stereocenters. The third kappa shape index (κ3) is 3.97. The number of aromatic nitrogens is 2. The molecular weight excluding hydrogens is 380 g/mol. The van der Waals surface area contributed by atoms with Crippen molar-refractivity contribution in [2.75, 3.05) is 29.9 Å². The zero-order valence-electron chi connectivity index (χ0n) is 18.0. The van der Waals surface area contributed by atoms with E-state index in [1.807, 2.05) is 12.1 Å². The Morgan fingerprint density at radius 1 is 1.20 bits per heavy atom. The second kappa shape index (κ2) is 8.34. The van der Waals surface area contributed by atoms with E-state index in [0.29, 0.717) is 34.1 Å². The van der Waals surface area contributed by atoms with E-state index in [9.17, 15) is 4.79 Å². The Balaban J connectivity index is 1.64. The van der Waals surface area contributed by atoms with Crippen molar-refractivity contribution in [2.24, 2.45) is 5.92 Å². The van der Waals surface area contributed by atoms with E-state index in [-0.39, 0.29) is 6.61 Å². The Kier molecular flexibility index (Phi) is 5.61. The van der Waals surface area contributed by atoms with Gasteiger partial charge in [0.2, 0.25) is 5.71 Å². The third-order valence-electron chi connectivity index (χ3n) is 5.60. The fraction of sp³-hybridized carbons (Fsp3) is 0.435. The Bertz CT molecular complexity index is 1050. The number of hydrogen-bond acceptors (Lipinski definition) is 7. The summed E-state index contributed by atoms with van der Waals surface area (Å²) < 4.78 is 10.9. The standard InChI is InChI=1S/C23H28N4O3/c1-5-29-23(28)19-15(3)30-22-20(19)21(24-16(4)25-22)26-17-6-8-18(9-7-17)27-12-10-14(2)11-13-27/h6-9,14H,5,10-13H2,1-4H3,(H,24,25,26). The molecule has 158 valence electrons. The first-order chi connectivity index (χ1) is 14.5. The molecule has 1 saturated heterocycles. The van der Waals surface area contributed by atoms with Crippen molar-refractivity contribution < 1.29 is 13.9 Å². The van der Waals surface area contributed by atoms with Crippen LogP contribution >= 0.6 is 0 Å². The van der Waals surface area contributed by atoms with Gasteiger partial charge in [0.1, 0.15) is 23.0 Å². The number of piperidine rings is 1. The summed E-state index contributed by atoms with van der Waals surface area (Å²) in [5.41, 5.74) is 2.86. The molecule has 30 heavy (non-hydrogen) atoms. The predicted octanol–water partition coefficient (Wildman–Crippen LogP) is 5.00. The molecule has 1 aliphatic rings. The first-order valence-corrected chi connectivity index (χ1v) is 10.5. The second-order valence-electron chi connectivity index (χ2n) is 7.89. The maximum Gasteiger partial charge on any atom is 0.342 e. The summed E-state index contributed by atoms with van der Waals surface area (Å²) in [6, 6.07) is 8.31. The average molecular weight is 409 g/mol. The fourth-order valence-electron chi connectivity index (χ4n) is 3.92. The van der Waals surface area contributed by atoms with Crippen LogP contribution < -0.4 is 10.2 Å². The highest BCUT2D eigenvalue weighted by molar-refractivity contribution is 6.08. The monoisotopic (exact) mass is 408 g/mol. The molecule has 0 aliphatic carbocycles. The highest BCUT2D eigenvalue weighted by Crippen LogP contribution is 2.32. The number of nitrogens with zero attached hydrogens (tertiary/aromatic N) is 3.